The molecule has 104 valence electrons. The largest absolute Gasteiger partial charge is 0.352 e. The molecule has 1 aliphatic rings. The third-order valence-electron chi connectivity index (χ3n) is 3.88. The van der Waals surface area contributed by atoms with E-state index in [0.29, 0.717) is 12.5 Å². The molecular weight excluding hydrogens is 248 g/mol. The van der Waals surface area contributed by atoms with Gasteiger partial charge in [-0.1, -0.05) is 25.8 Å². The van der Waals surface area contributed by atoms with E-state index >= 15 is 0 Å². The number of hydrogen-bond donors (Lipinski definition) is 1. The van der Waals surface area contributed by atoms with Gasteiger partial charge in [-0.25, -0.2) is 8.78 Å². The molecule has 0 aromatic heterocycles. The van der Waals surface area contributed by atoms with E-state index in [-0.39, 0.29) is 5.56 Å². The molecule has 0 radical (unpaired) electrons. The smallest absolute Gasteiger partial charge is 0.254 e. The van der Waals surface area contributed by atoms with Crippen LogP contribution < -0.4 is 5.32 Å². The average Bonchev–Trinajstić information content (AvgIpc) is 2.41. The fourth-order valence-corrected chi connectivity index (χ4v) is 2.54. The molecule has 0 saturated heterocycles. The molecule has 1 amide bonds. The lowest BCUT2D eigenvalue weighted by atomic mass is 9.83. The van der Waals surface area contributed by atoms with Crippen molar-refractivity contribution >= 4 is 5.91 Å². The zero-order valence-electron chi connectivity index (χ0n) is 11.1. The van der Waals surface area contributed by atoms with E-state index in [2.05, 4.69) is 12.2 Å². The number of benzene rings is 1. The van der Waals surface area contributed by atoms with Gasteiger partial charge >= 0.3 is 0 Å². The van der Waals surface area contributed by atoms with Crippen LogP contribution in [0.15, 0.2) is 18.2 Å². The van der Waals surface area contributed by atoms with Gasteiger partial charge < -0.3 is 5.32 Å². The number of rotatable bonds is 3. The maximum atomic E-state index is 13.4. The summed E-state index contributed by atoms with van der Waals surface area (Å²) in [5.41, 5.74) is -0.218. The lowest BCUT2D eigenvalue weighted by Gasteiger charge is -2.26. The van der Waals surface area contributed by atoms with E-state index in [9.17, 15) is 13.6 Å². The number of carbonyl (C=O) groups excluding carboxylic acids is 1. The van der Waals surface area contributed by atoms with Gasteiger partial charge in [0.2, 0.25) is 0 Å². The molecule has 19 heavy (non-hydrogen) atoms. The Kier molecular flexibility index (Phi) is 4.51. The van der Waals surface area contributed by atoms with E-state index < -0.39 is 17.5 Å². The lowest BCUT2D eigenvalue weighted by molar-refractivity contribution is 0.0937. The van der Waals surface area contributed by atoms with Gasteiger partial charge in [-0.2, -0.15) is 0 Å². The van der Waals surface area contributed by atoms with Crippen molar-refractivity contribution in [1.29, 1.82) is 0 Å². The molecule has 2 nitrogen and oxygen atoms in total. The van der Waals surface area contributed by atoms with Gasteiger partial charge in [0.1, 0.15) is 0 Å². The summed E-state index contributed by atoms with van der Waals surface area (Å²) in [7, 11) is 0. The van der Waals surface area contributed by atoms with Crippen LogP contribution in [-0.4, -0.2) is 12.5 Å². The fourth-order valence-electron chi connectivity index (χ4n) is 2.54. The van der Waals surface area contributed by atoms with Crippen molar-refractivity contribution in [1.82, 2.24) is 5.32 Å². The van der Waals surface area contributed by atoms with Crippen LogP contribution in [0, 0.1) is 23.5 Å². The fraction of sp³-hybridized carbons (Fsp3) is 0.533. The highest BCUT2D eigenvalue weighted by Crippen LogP contribution is 2.27. The molecule has 0 unspecified atom stereocenters. The molecule has 0 atom stereocenters. The first-order valence-electron chi connectivity index (χ1n) is 6.80. The van der Waals surface area contributed by atoms with Crippen LogP contribution in [0.4, 0.5) is 8.78 Å². The SMILES string of the molecule is CC1CCC(CNC(=O)c2cccc(F)c2F)CC1. The molecule has 4 heteroatoms. The number of carbonyl (C=O) groups is 1. The molecule has 1 aromatic carbocycles. The van der Waals surface area contributed by atoms with Gasteiger partial charge in [-0.15, -0.1) is 0 Å². The Balaban J connectivity index is 1.89. The second-order valence-electron chi connectivity index (χ2n) is 5.44. The molecule has 0 aliphatic heterocycles. The van der Waals surface area contributed by atoms with E-state index in [1.807, 2.05) is 0 Å². The first-order chi connectivity index (χ1) is 9.08. The zero-order chi connectivity index (χ0) is 13.8. The van der Waals surface area contributed by atoms with E-state index in [0.717, 1.165) is 24.8 Å². The zero-order valence-corrected chi connectivity index (χ0v) is 11.1. The molecule has 0 bridgehead atoms. The second-order valence-corrected chi connectivity index (χ2v) is 5.44. The van der Waals surface area contributed by atoms with Crippen LogP contribution in [0.1, 0.15) is 43.0 Å². The quantitative estimate of drug-likeness (QED) is 0.892. The minimum atomic E-state index is -1.07. The third-order valence-corrected chi connectivity index (χ3v) is 3.88. The lowest BCUT2D eigenvalue weighted by Crippen LogP contribution is -2.31. The third kappa shape index (κ3) is 3.52. The van der Waals surface area contributed by atoms with Crippen molar-refractivity contribution in [2.24, 2.45) is 11.8 Å². The Bertz CT molecular complexity index is 453. The van der Waals surface area contributed by atoms with Gasteiger partial charge in [0.15, 0.2) is 11.6 Å². The number of amides is 1. The highest BCUT2D eigenvalue weighted by Gasteiger charge is 2.20. The van der Waals surface area contributed by atoms with Crippen LogP contribution in [-0.2, 0) is 0 Å². The molecule has 1 N–H and O–H groups in total. The van der Waals surface area contributed by atoms with Gasteiger partial charge in [-0.05, 0) is 36.8 Å². The van der Waals surface area contributed by atoms with Crippen molar-refractivity contribution in [3.05, 3.63) is 35.4 Å². The Labute approximate surface area is 112 Å². The van der Waals surface area contributed by atoms with Gasteiger partial charge in [0.25, 0.3) is 5.91 Å². The van der Waals surface area contributed by atoms with Crippen LogP contribution in [0.5, 0.6) is 0 Å². The summed E-state index contributed by atoms with van der Waals surface area (Å²) in [6.45, 7) is 2.78. The highest BCUT2D eigenvalue weighted by molar-refractivity contribution is 5.94. The molecule has 1 saturated carbocycles. The molecule has 2 rings (SSSR count). The summed E-state index contributed by atoms with van der Waals surface area (Å²) in [6.07, 6.45) is 4.53. The minimum Gasteiger partial charge on any atom is -0.352 e. The summed E-state index contributed by atoms with van der Waals surface area (Å²) < 4.78 is 26.5. The van der Waals surface area contributed by atoms with Gasteiger partial charge in [-0.3, -0.25) is 4.79 Å². The molecule has 1 aliphatic carbocycles. The van der Waals surface area contributed by atoms with Crippen LogP contribution >= 0.6 is 0 Å². The molecule has 1 aromatic rings. The second kappa shape index (κ2) is 6.13. The van der Waals surface area contributed by atoms with Crippen LogP contribution in [0.2, 0.25) is 0 Å². The molecule has 0 spiro atoms. The van der Waals surface area contributed by atoms with Gasteiger partial charge in [0.05, 0.1) is 5.56 Å². The van der Waals surface area contributed by atoms with Crippen molar-refractivity contribution < 1.29 is 13.6 Å². The normalized spacial score (nSPS) is 23.1. The predicted octanol–water partition coefficient (Wildman–Crippen LogP) is 3.52. The van der Waals surface area contributed by atoms with Crippen LogP contribution in [0.3, 0.4) is 0 Å². The minimum absolute atomic E-state index is 0.218. The monoisotopic (exact) mass is 267 g/mol. The van der Waals surface area contributed by atoms with Crippen molar-refractivity contribution in [3.63, 3.8) is 0 Å². The highest BCUT2D eigenvalue weighted by atomic mass is 19.2. The predicted molar refractivity (Wildman–Crippen MR) is 69.8 cm³/mol. The van der Waals surface area contributed by atoms with E-state index in [1.165, 1.54) is 25.0 Å². The van der Waals surface area contributed by atoms with Gasteiger partial charge in [0, 0.05) is 6.54 Å². The summed E-state index contributed by atoms with van der Waals surface area (Å²) in [4.78, 5) is 11.8. The Morgan fingerprint density at radius 1 is 1.26 bits per heavy atom. The van der Waals surface area contributed by atoms with Crippen LogP contribution in [0.25, 0.3) is 0 Å². The molecule has 0 heterocycles. The van der Waals surface area contributed by atoms with E-state index in [4.69, 9.17) is 0 Å². The Morgan fingerprint density at radius 2 is 1.95 bits per heavy atom. The van der Waals surface area contributed by atoms with Crippen molar-refractivity contribution in [3.8, 4) is 0 Å². The maximum Gasteiger partial charge on any atom is 0.254 e. The number of nitrogens with one attached hydrogen (secondary N) is 1. The summed E-state index contributed by atoms with van der Waals surface area (Å²) in [6, 6.07) is 3.65. The van der Waals surface area contributed by atoms with Crippen molar-refractivity contribution in [2.45, 2.75) is 32.6 Å². The molecular formula is C15H19F2NO. The maximum absolute atomic E-state index is 13.4. The Hall–Kier alpha value is -1.45. The Morgan fingerprint density at radius 3 is 2.63 bits per heavy atom. The summed E-state index contributed by atoms with van der Waals surface area (Å²) >= 11 is 0. The summed E-state index contributed by atoms with van der Waals surface area (Å²) in [5.74, 6) is -1.38. The standard InChI is InChI=1S/C15H19F2NO/c1-10-5-7-11(8-6-10)9-18-15(19)12-3-2-4-13(16)14(12)17/h2-4,10-11H,5-9H2,1H3,(H,18,19). The van der Waals surface area contributed by atoms with E-state index in [1.54, 1.807) is 0 Å². The first-order valence-corrected chi connectivity index (χ1v) is 6.80. The first kappa shape index (κ1) is 14.0. The summed E-state index contributed by atoms with van der Waals surface area (Å²) in [5, 5.41) is 2.71. The number of halogens is 2. The molecule has 1 fully saturated rings. The number of hydrogen-bond acceptors (Lipinski definition) is 1. The topological polar surface area (TPSA) is 29.1 Å². The average molecular weight is 267 g/mol. The van der Waals surface area contributed by atoms with Crippen molar-refractivity contribution in [2.75, 3.05) is 6.54 Å².